The van der Waals surface area contributed by atoms with Gasteiger partial charge in [0.05, 0.1) is 4.90 Å². The number of sulfone groups is 1. The minimum Gasteiger partial charge on any atom is -0.326 e. The molecule has 0 heterocycles. The van der Waals surface area contributed by atoms with Crippen molar-refractivity contribution in [2.24, 2.45) is 17.8 Å². The number of hydrogen-bond donors (Lipinski definition) is 1. The van der Waals surface area contributed by atoms with Crippen LogP contribution in [0.25, 0.3) is 0 Å². The van der Waals surface area contributed by atoms with Crippen LogP contribution in [0.4, 0.5) is 5.69 Å². The van der Waals surface area contributed by atoms with Gasteiger partial charge >= 0.3 is 0 Å². The molecule has 112 valence electrons. The third-order valence-electron chi connectivity index (χ3n) is 4.51. The minimum atomic E-state index is -3.27. The van der Waals surface area contributed by atoms with Crippen LogP contribution >= 0.6 is 0 Å². The zero-order valence-corrected chi connectivity index (χ0v) is 13.0. The predicted molar refractivity (Wildman–Crippen MR) is 81.8 cm³/mol. The number of anilines is 1. The molecule has 0 radical (unpaired) electrons. The van der Waals surface area contributed by atoms with Gasteiger partial charge in [0.25, 0.3) is 0 Å². The van der Waals surface area contributed by atoms with Crippen LogP contribution in [-0.2, 0) is 14.6 Å². The summed E-state index contributed by atoms with van der Waals surface area (Å²) in [5, 5.41) is 2.91. The second kappa shape index (κ2) is 4.98. The number of hydrogen-bond acceptors (Lipinski definition) is 3. The smallest absolute Gasteiger partial charge is 0.228 e. The Morgan fingerprint density at radius 1 is 1.24 bits per heavy atom. The molecular formula is C16H19NO3S. The summed E-state index contributed by atoms with van der Waals surface area (Å²) in [4.78, 5) is 12.7. The molecule has 4 nitrogen and oxygen atoms in total. The summed E-state index contributed by atoms with van der Waals surface area (Å²) in [5.74, 6) is 0.893. The van der Waals surface area contributed by atoms with E-state index in [1.807, 2.05) is 6.92 Å². The number of benzene rings is 1. The quantitative estimate of drug-likeness (QED) is 0.873. The summed E-state index contributed by atoms with van der Waals surface area (Å²) in [6, 6.07) is 4.85. The van der Waals surface area contributed by atoms with E-state index in [-0.39, 0.29) is 16.7 Å². The monoisotopic (exact) mass is 305 g/mol. The lowest BCUT2D eigenvalue weighted by molar-refractivity contribution is -0.120. The summed E-state index contributed by atoms with van der Waals surface area (Å²) in [6.07, 6.45) is 7.48. The van der Waals surface area contributed by atoms with Crippen LogP contribution in [-0.4, -0.2) is 20.6 Å². The molecule has 5 heteroatoms. The molecule has 1 aromatic carbocycles. The van der Waals surface area contributed by atoms with Crippen LogP contribution in [0.3, 0.4) is 0 Å². The fourth-order valence-electron chi connectivity index (χ4n) is 3.27. The minimum absolute atomic E-state index is 0.000557. The molecule has 1 saturated carbocycles. The van der Waals surface area contributed by atoms with Gasteiger partial charge in [0.15, 0.2) is 9.84 Å². The summed E-state index contributed by atoms with van der Waals surface area (Å²) in [6.45, 7) is 1.86. The SMILES string of the molecule is Cc1ccc(S(C)(=O)=O)cc1NC(=O)C1CC2C=CC1C2. The number of nitrogens with one attached hydrogen (secondary N) is 1. The second-order valence-electron chi connectivity index (χ2n) is 6.12. The number of carbonyl (C=O) groups excluding carboxylic acids is 1. The molecule has 1 fully saturated rings. The lowest BCUT2D eigenvalue weighted by Crippen LogP contribution is -2.26. The first-order valence-electron chi connectivity index (χ1n) is 7.14. The Balaban J connectivity index is 1.81. The molecule has 2 aliphatic rings. The number of allylic oxidation sites excluding steroid dienone is 2. The maximum absolute atomic E-state index is 12.4. The normalized spacial score (nSPS) is 27.0. The first-order chi connectivity index (χ1) is 9.84. The first kappa shape index (κ1) is 14.3. The Morgan fingerprint density at radius 2 is 2.00 bits per heavy atom. The van der Waals surface area contributed by atoms with Crippen molar-refractivity contribution < 1.29 is 13.2 Å². The van der Waals surface area contributed by atoms with Crippen molar-refractivity contribution in [3.05, 3.63) is 35.9 Å². The summed E-state index contributed by atoms with van der Waals surface area (Å²) in [7, 11) is -3.27. The summed E-state index contributed by atoms with van der Waals surface area (Å²) >= 11 is 0. The van der Waals surface area contributed by atoms with E-state index in [9.17, 15) is 13.2 Å². The number of rotatable bonds is 3. The molecule has 0 aliphatic heterocycles. The maximum atomic E-state index is 12.4. The lowest BCUT2D eigenvalue weighted by atomic mass is 9.92. The average molecular weight is 305 g/mol. The zero-order chi connectivity index (χ0) is 15.2. The number of aryl methyl sites for hydroxylation is 1. The van der Waals surface area contributed by atoms with Crippen molar-refractivity contribution in [1.29, 1.82) is 0 Å². The second-order valence-corrected chi connectivity index (χ2v) is 8.14. The van der Waals surface area contributed by atoms with Crippen LogP contribution in [0.5, 0.6) is 0 Å². The number of amides is 1. The molecule has 1 amide bonds. The highest BCUT2D eigenvalue weighted by atomic mass is 32.2. The van der Waals surface area contributed by atoms with Gasteiger partial charge in [-0.25, -0.2) is 8.42 Å². The van der Waals surface area contributed by atoms with Crippen molar-refractivity contribution >= 4 is 21.4 Å². The standard InChI is InChI=1S/C16H19NO3S/c1-10-3-6-13(21(2,19)20)9-15(10)17-16(18)14-8-11-4-5-12(14)7-11/h3-6,9,11-12,14H,7-8H2,1-2H3,(H,17,18). The van der Waals surface area contributed by atoms with Gasteiger partial charge in [-0.3, -0.25) is 4.79 Å². The highest BCUT2D eigenvalue weighted by Crippen LogP contribution is 2.43. The third-order valence-corrected chi connectivity index (χ3v) is 5.62. The maximum Gasteiger partial charge on any atom is 0.228 e. The van der Waals surface area contributed by atoms with Gasteiger partial charge in [0.2, 0.25) is 5.91 Å². The average Bonchev–Trinajstić information content (AvgIpc) is 3.02. The lowest BCUT2D eigenvalue weighted by Gasteiger charge is -2.18. The fraction of sp³-hybridized carbons (Fsp3) is 0.438. The van der Waals surface area contributed by atoms with Gasteiger partial charge < -0.3 is 5.32 Å². The topological polar surface area (TPSA) is 63.2 Å². The molecule has 3 rings (SSSR count). The largest absolute Gasteiger partial charge is 0.326 e. The van der Waals surface area contributed by atoms with Crippen LogP contribution in [0.15, 0.2) is 35.2 Å². The van der Waals surface area contributed by atoms with E-state index in [4.69, 9.17) is 0 Å². The van der Waals surface area contributed by atoms with E-state index in [2.05, 4.69) is 17.5 Å². The number of fused-ring (bicyclic) bond motifs is 2. The van der Waals surface area contributed by atoms with Crippen molar-refractivity contribution in [3.63, 3.8) is 0 Å². The van der Waals surface area contributed by atoms with Crippen molar-refractivity contribution in [2.45, 2.75) is 24.7 Å². The van der Waals surface area contributed by atoms with Crippen molar-refractivity contribution in [2.75, 3.05) is 11.6 Å². The van der Waals surface area contributed by atoms with E-state index in [1.165, 1.54) is 6.26 Å². The van der Waals surface area contributed by atoms with E-state index in [0.29, 0.717) is 17.5 Å². The Labute approximate surface area is 125 Å². The molecule has 2 aliphatic carbocycles. The van der Waals surface area contributed by atoms with Gasteiger partial charge in [-0.05, 0) is 49.3 Å². The highest BCUT2D eigenvalue weighted by Gasteiger charge is 2.39. The van der Waals surface area contributed by atoms with Crippen LogP contribution < -0.4 is 5.32 Å². The molecule has 3 atom stereocenters. The molecule has 0 saturated heterocycles. The van der Waals surface area contributed by atoms with Crippen molar-refractivity contribution in [3.8, 4) is 0 Å². The summed E-state index contributed by atoms with van der Waals surface area (Å²) in [5.41, 5.74) is 1.46. The van der Waals surface area contributed by atoms with Crippen molar-refractivity contribution in [1.82, 2.24) is 0 Å². The first-order valence-corrected chi connectivity index (χ1v) is 9.03. The molecule has 0 spiro atoms. The fourth-order valence-corrected chi connectivity index (χ4v) is 3.92. The molecule has 3 unspecified atom stereocenters. The highest BCUT2D eigenvalue weighted by molar-refractivity contribution is 7.90. The van der Waals surface area contributed by atoms with Crippen LogP contribution in [0, 0.1) is 24.7 Å². The van der Waals surface area contributed by atoms with Gasteiger partial charge in [-0.15, -0.1) is 0 Å². The van der Waals surface area contributed by atoms with Gasteiger partial charge in [-0.2, -0.15) is 0 Å². The molecule has 0 aromatic heterocycles. The van der Waals surface area contributed by atoms with Gasteiger partial charge in [0.1, 0.15) is 0 Å². The van der Waals surface area contributed by atoms with Crippen LogP contribution in [0.1, 0.15) is 18.4 Å². The zero-order valence-electron chi connectivity index (χ0n) is 12.2. The summed E-state index contributed by atoms with van der Waals surface area (Å²) < 4.78 is 23.2. The van der Waals surface area contributed by atoms with Crippen LogP contribution in [0.2, 0.25) is 0 Å². The Bertz CT molecular complexity index is 721. The predicted octanol–water partition coefficient (Wildman–Crippen LogP) is 2.55. The Kier molecular flexibility index (Phi) is 3.40. The van der Waals surface area contributed by atoms with E-state index in [0.717, 1.165) is 18.4 Å². The molecule has 1 aromatic rings. The Morgan fingerprint density at radius 3 is 2.57 bits per heavy atom. The van der Waals surface area contributed by atoms with Gasteiger partial charge in [0, 0.05) is 17.9 Å². The molecular weight excluding hydrogens is 286 g/mol. The molecule has 21 heavy (non-hydrogen) atoms. The third kappa shape index (κ3) is 2.75. The van der Waals surface area contributed by atoms with Gasteiger partial charge in [-0.1, -0.05) is 18.2 Å². The molecule has 2 bridgehead atoms. The van der Waals surface area contributed by atoms with E-state index >= 15 is 0 Å². The number of carbonyl (C=O) groups is 1. The molecule has 1 N–H and O–H groups in total. The van der Waals surface area contributed by atoms with E-state index < -0.39 is 9.84 Å². The van der Waals surface area contributed by atoms with E-state index in [1.54, 1.807) is 18.2 Å². The Hall–Kier alpha value is -1.62.